The summed E-state index contributed by atoms with van der Waals surface area (Å²) in [5.41, 5.74) is 5.02. The van der Waals surface area contributed by atoms with Crippen LogP contribution in [0.1, 0.15) is 80.4 Å². The van der Waals surface area contributed by atoms with Crippen LogP contribution in [0, 0.1) is 6.92 Å². The number of carbonyl (C=O) groups is 1. The van der Waals surface area contributed by atoms with E-state index >= 15 is 0 Å². The molecule has 5 nitrogen and oxygen atoms in total. The van der Waals surface area contributed by atoms with Crippen molar-refractivity contribution in [1.29, 1.82) is 0 Å². The minimum absolute atomic E-state index is 0.0677. The molecule has 0 bridgehead atoms. The van der Waals surface area contributed by atoms with Gasteiger partial charge in [-0.3, -0.25) is 9.48 Å². The molecule has 3 aliphatic heterocycles. The molecule has 0 atom stereocenters. The van der Waals surface area contributed by atoms with Crippen LogP contribution in [-0.2, 0) is 24.2 Å². The molecular weight excluding hydrogens is 454 g/mol. The molecule has 186 valence electrons. The largest absolute Gasteiger partial charge is 0.338 e. The molecule has 1 aromatic heterocycles. The topological polar surface area (TPSA) is 41.4 Å². The van der Waals surface area contributed by atoms with Gasteiger partial charge < -0.3 is 9.80 Å². The third-order valence-corrected chi connectivity index (χ3v) is 8.17. The fourth-order valence-corrected chi connectivity index (χ4v) is 6.45. The van der Waals surface area contributed by atoms with Crippen LogP contribution in [-0.4, -0.2) is 45.2 Å². The predicted molar refractivity (Wildman–Crippen MR) is 135 cm³/mol. The van der Waals surface area contributed by atoms with Gasteiger partial charge in [0.1, 0.15) is 0 Å². The number of benzene rings is 1. The van der Waals surface area contributed by atoms with Gasteiger partial charge in [-0.2, -0.15) is 16.9 Å². The zero-order valence-electron chi connectivity index (χ0n) is 20.7. The summed E-state index contributed by atoms with van der Waals surface area (Å²) >= 11 is 1.99. The number of amides is 1. The fraction of sp³-hybridized carbons (Fsp3) is 0.615. The Bertz CT molecular complexity index is 1030. The highest BCUT2D eigenvalue weighted by molar-refractivity contribution is 7.99. The molecule has 0 spiro atoms. The van der Waals surface area contributed by atoms with Gasteiger partial charge in [0.25, 0.3) is 6.43 Å². The van der Waals surface area contributed by atoms with Gasteiger partial charge >= 0.3 is 0 Å². The zero-order chi connectivity index (χ0) is 24.4. The van der Waals surface area contributed by atoms with Crippen LogP contribution < -0.4 is 4.90 Å². The highest BCUT2D eigenvalue weighted by atomic mass is 32.2. The third-order valence-electron chi connectivity index (χ3n) is 7.12. The molecule has 2 aromatic rings. The molecule has 0 aliphatic carbocycles. The van der Waals surface area contributed by atoms with Crippen LogP contribution in [0.25, 0.3) is 0 Å². The van der Waals surface area contributed by atoms with E-state index in [1.807, 2.05) is 36.6 Å². The predicted octanol–water partition coefficient (Wildman–Crippen LogP) is 6.21. The van der Waals surface area contributed by atoms with Crippen molar-refractivity contribution >= 4 is 29.2 Å². The average Bonchev–Trinajstić information content (AvgIpc) is 3.23. The van der Waals surface area contributed by atoms with Gasteiger partial charge in [0.15, 0.2) is 5.82 Å². The molecule has 0 N–H and O–H groups in total. The summed E-state index contributed by atoms with van der Waals surface area (Å²) in [4.78, 5) is 16.2. The Morgan fingerprint density at radius 2 is 1.88 bits per heavy atom. The highest BCUT2D eigenvalue weighted by Crippen LogP contribution is 2.41. The first kappa shape index (κ1) is 25.0. The molecule has 1 fully saturated rings. The molecule has 34 heavy (non-hydrogen) atoms. The second kappa shape index (κ2) is 10.7. The van der Waals surface area contributed by atoms with E-state index in [-0.39, 0.29) is 11.5 Å². The smallest absolute Gasteiger partial charge is 0.264 e. The van der Waals surface area contributed by atoms with Crippen molar-refractivity contribution in [3.63, 3.8) is 0 Å². The molecule has 8 heteroatoms. The van der Waals surface area contributed by atoms with Gasteiger partial charge in [-0.05, 0) is 61.3 Å². The summed E-state index contributed by atoms with van der Waals surface area (Å²) in [6.07, 6.45) is 2.34. The molecule has 4 heterocycles. The normalized spacial score (nSPS) is 18.3. The summed E-state index contributed by atoms with van der Waals surface area (Å²) in [6.45, 7) is 9.38. The molecule has 1 amide bonds. The van der Waals surface area contributed by atoms with E-state index in [4.69, 9.17) is 5.10 Å². The molecule has 0 saturated carbocycles. The van der Waals surface area contributed by atoms with Crippen molar-refractivity contribution in [1.82, 2.24) is 14.7 Å². The van der Waals surface area contributed by atoms with Crippen molar-refractivity contribution in [3.05, 3.63) is 40.1 Å². The lowest BCUT2D eigenvalue weighted by Crippen LogP contribution is -2.36. The van der Waals surface area contributed by atoms with Crippen LogP contribution in [0.3, 0.4) is 0 Å². The second-order valence-corrected chi connectivity index (χ2v) is 10.3. The summed E-state index contributed by atoms with van der Waals surface area (Å²) in [7, 11) is 0. The minimum atomic E-state index is -2.50. The number of anilines is 2. The molecule has 3 aliphatic rings. The van der Waals surface area contributed by atoms with Crippen molar-refractivity contribution < 1.29 is 13.6 Å². The molecule has 1 aromatic carbocycles. The van der Waals surface area contributed by atoms with Crippen LogP contribution in [0.15, 0.2) is 12.1 Å². The maximum atomic E-state index is 13.7. The van der Waals surface area contributed by atoms with Crippen LogP contribution >= 0.6 is 11.8 Å². The lowest BCUT2D eigenvalue weighted by atomic mass is 9.95. The molecular formula is C26H36F2N4OS. The second-order valence-electron chi connectivity index (χ2n) is 9.12. The van der Waals surface area contributed by atoms with E-state index in [2.05, 4.69) is 9.58 Å². The lowest BCUT2D eigenvalue weighted by Gasteiger charge is -2.33. The Hall–Kier alpha value is -2.09. The Labute approximate surface area is 205 Å². The number of thioether (sulfide) groups is 1. The van der Waals surface area contributed by atoms with Crippen molar-refractivity contribution in [2.24, 2.45) is 0 Å². The first-order valence-corrected chi connectivity index (χ1v) is 13.7. The van der Waals surface area contributed by atoms with Crippen molar-refractivity contribution in [2.75, 3.05) is 29.5 Å². The standard InChI is InChI=1S/C24H30F2N4OS.C2H6/c1-15-12-17-4-3-8-29(22(17)13-19(15)23(25)26)24-20-14-28(16(2)31)9-5-21(20)30(27-24)18-6-10-32-11-7-18;1-2/h12-13,18,23H,3-11,14H2,1-2H3;1-2H3. The number of rotatable bonds is 3. The molecule has 0 radical (unpaired) electrons. The fourth-order valence-electron chi connectivity index (χ4n) is 5.37. The van der Waals surface area contributed by atoms with Crippen LogP contribution in [0.5, 0.6) is 0 Å². The van der Waals surface area contributed by atoms with E-state index in [1.165, 1.54) is 5.69 Å². The quantitative estimate of drug-likeness (QED) is 0.513. The van der Waals surface area contributed by atoms with E-state index in [1.54, 1.807) is 19.9 Å². The monoisotopic (exact) mass is 490 g/mol. The Kier molecular flexibility index (Phi) is 7.85. The van der Waals surface area contributed by atoms with Gasteiger partial charge in [-0.15, -0.1) is 0 Å². The first-order chi connectivity index (χ1) is 16.4. The van der Waals surface area contributed by atoms with Gasteiger partial charge in [0, 0.05) is 48.9 Å². The number of hydrogen-bond donors (Lipinski definition) is 0. The number of fused-ring (bicyclic) bond motifs is 2. The zero-order valence-corrected chi connectivity index (χ0v) is 21.6. The lowest BCUT2D eigenvalue weighted by molar-refractivity contribution is -0.129. The van der Waals surface area contributed by atoms with Crippen LogP contribution in [0.2, 0.25) is 0 Å². The maximum Gasteiger partial charge on any atom is 0.264 e. The number of aromatic nitrogens is 2. The van der Waals surface area contributed by atoms with E-state index in [0.29, 0.717) is 24.7 Å². The Morgan fingerprint density at radius 3 is 2.56 bits per heavy atom. The van der Waals surface area contributed by atoms with Crippen molar-refractivity contribution in [3.8, 4) is 0 Å². The number of halogens is 2. The Morgan fingerprint density at radius 1 is 1.15 bits per heavy atom. The van der Waals surface area contributed by atoms with Gasteiger partial charge in [-0.1, -0.05) is 19.9 Å². The molecule has 0 unspecified atom stereocenters. The number of nitrogens with zero attached hydrogens (tertiary/aromatic N) is 4. The number of carbonyl (C=O) groups excluding carboxylic acids is 1. The molecule has 5 rings (SSSR count). The Balaban J connectivity index is 0.00000133. The first-order valence-electron chi connectivity index (χ1n) is 12.6. The van der Waals surface area contributed by atoms with Crippen LogP contribution in [0.4, 0.5) is 20.3 Å². The van der Waals surface area contributed by atoms with E-state index < -0.39 is 6.43 Å². The molecule has 1 saturated heterocycles. The maximum absolute atomic E-state index is 13.7. The summed E-state index contributed by atoms with van der Waals surface area (Å²) in [5.74, 6) is 3.20. The summed E-state index contributed by atoms with van der Waals surface area (Å²) in [5, 5.41) is 5.14. The van der Waals surface area contributed by atoms with Gasteiger partial charge in [0.2, 0.25) is 5.91 Å². The number of aryl methyl sites for hydroxylation is 2. The van der Waals surface area contributed by atoms with E-state index in [0.717, 1.165) is 72.8 Å². The van der Waals surface area contributed by atoms with Gasteiger partial charge in [-0.25, -0.2) is 8.78 Å². The average molecular weight is 491 g/mol. The van der Waals surface area contributed by atoms with Gasteiger partial charge in [0.05, 0.1) is 12.6 Å². The summed E-state index contributed by atoms with van der Waals surface area (Å²) in [6, 6.07) is 3.97. The minimum Gasteiger partial charge on any atom is -0.338 e. The van der Waals surface area contributed by atoms with Crippen molar-refractivity contribution in [2.45, 2.75) is 78.8 Å². The van der Waals surface area contributed by atoms with E-state index in [9.17, 15) is 13.6 Å². The number of alkyl halides is 2. The third kappa shape index (κ3) is 4.70. The highest BCUT2D eigenvalue weighted by Gasteiger charge is 2.33. The SMILES string of the molecule is CC.CC(=O)N1CCc2c(c(N3CCCc4cc(C)c(C(F)F)cc43)nn2C2CCSCC2)C1. The summed E-state index contributed by atoms with van der Waals surface area (Å²) < 4.78 is 29.6. The number of hydrogen-bond acceptors (Lipinski definition) is 4.